The van der Waals surface area contributed by atoms with E-state index in [1.165, 1.54) is 0 Å². The Morgan fingerprint density at radius 3 is 2.43 bits per heavy atom. The van der Waals surface area contributed by atoms with E-state index in [1.54, 1.807) is 0 Å². The van der Waals surface area contributed by atoms with Crippen molar-refractivity contribution in [1.82, 2.24) is 0 Å². The van der Waals surface area contributed by atoms with Gasteiger partial charge in [-0.25, -0.2) is 0 Å². The first kappa shape index (κ1) is 11.4. The van der Waals surface area contributed by atoms with Gasteiger partial charge in [0, 0.05) is 5.02 Å². The van der Waals surface area contributed by atoms with Crippen molar-refractivity contribution >= 4 is 11.6 Å². The van der Waals surface area contributed by atoms with Crippen molar-refractivity contribution < 1.29 is 4.74 Å². The Hall–Kier alpha value is -0.690. The molecule has 1 nitrogen and oxygen atoms in total. The van der Waals surface area contributed by atoms with Crippen LogP contribution in [0.2, 0.25) is 5.02 Å². The van der Waals surface area contributed by atoms with Crippen molar-refractivity contribution in [1.29, 1.82) is 0 Å². The fourth-order valence-electron chi connectivity index (χ4n) is 0.963. The summed E-state index contributed by atoms with van der Waals surface area (Å²) in [5.74, 6) is 0.843. The summed E-state index contributed by atoms with van der Waals surface area (Å²) in [4.78, 5) is 0. The lowest BCUT2D eigenvalue weighted by Crippen LogP contribution is -2.16. The molecule has 14 heavy (non-hydrogen) atoms. The smallest absolute Gasteiger partial charge is 0.120 e. The van der Waals surface area contributed by atoms with E-state index in [1.807, 2.05) is 25.1 Å². The van der Waals surface area contributed by atoms with Gasteiger partial charge in [0.05, 0.1) is 6.61 Å². The third-order valence-electron chi connectivity index (χ3n) is 1.82. The first-order chi connectivity index (χ1) is 6.38. The van der Waals surface area contributed by atoms with Crippen LogP contribution in [0.25, 0.3) is 0 Å². The molecule has 0 radical (unpaired) electrons. The van der Waals surface area contributed by atoms with E-state index in [0.717, 1.165) is 16.3 Å². The molecule has 2 heteroatoms. The molecule has 0 aliphatic carbocycles. The average molecular weight is 213 g/mol. The molecule has 0 aliphatic heterocycles. The van der Waals surface area contributed by atoms with Crippen LogP contribution in [0.15, 0.2) is 18.2 Å². The molecule has 0 N–H and O–H groups in total. The van der Waals surface area contributed by atoms with Crippen LogP contribution in [0, 0.1) is 12.3 Å². The van der Waals surface area contributed by atoms with Crippen LogP contribution in [-0.2, 0) is 0 Å². The lowest BCUT2D eigenvalue weighted by Gasteiger charge is -2.19. The lowest BCUT2D eigenvalue weighted by atomic mass is 9.99. The van der Waals surface area contributed by atoms with E-state index in [2.05, 4.69) is 20.8 Å². The van der Waals surface area contributed by atoms with Crippen LogP contribution in [-0.4, -0.2) is 6.61 Å². The molecular weight excluding hydrogens is 196 g/mol. The number of aryl methyl sites for hydroxylation is 1. The molecule has 0 unspecified atom stereocenters. The van der Waals surface area contributed by atoms with Gasteiger partial charge < -0.3 is 4.74 Å². The molecule has 1 rings (SSSR count). The number of hydrogen-bond acceptors (Lipinski definition) is 1. The Labute approximate surface area is 91.0 Å². The molecule has 0 saturated heterocycles. The summed E-state index contributed by atoms with van der Waals surface area (Å²) >= 11 is 5.98. The summed E-state index contributed by atoms with van der Waals surface area (Å²) in [6.07, 6.45) is 0. The summed E-state index contributed by atoms with van der Waals surface area (Å²) in [6, 6.07) is 5.79. The summed E-state index contributed by atoms with van der Waals surface area (Å²) < 4.78 is 5.62. The van der Waals surface area contributed by atoms with Crippen LogP contribution in [0.3, 0.4) is 0 Å². The maximum Gasteiger partial charge on any atom is 0.120 e. The van der Waals surface area contributed by atoms with Crippen molar-refractivity contribution in [2.75, 3.05) is 6.61 Å². The second kappa shape index (κ2) is 4.22. The first-order valence-electron chi connectivity index (χ1n) is 4.77. The highest BCUT2D eigenvalue weighted by Gasteiger charge is 2.11. The molecule has 0 fully saturated rings. The number of halogens is 1. The van der Waals surface area contributed by atoms with Gasteiger partial charge in [0.1, 0.15) is 5.75 Å². The molecule has 0 spiro atoms. The minimum absolute atomic E-state index is 0.178. The molecule has 0 atom stereocenters. The van der Waals surface area contributed by atoms with Gasteiger partial charge in [-0.3, -0.25) is 0 Å². The summed E-state index contributed by atoms with van der Waals surface area (Å²) in [6.45, 7) is 9.11. The zero-order valence-electron chi connectivity index (χ0n) is 9.23. The Kier molecular flexibility index (Phi) is 3.43. The van der Waals surface area contributed by atoms with E-state index >= 15 is 0 Å². The maximum absolute atomic E-state index is 5.98. The fraction of sp³-hybridized carbons (Fsp3) is 0.500. The number of ether oxygens (including phenoxy) is 1. The van der Waals surface area contributed by atoms with E-state index < -0.39 is 0 Å². The molecular formula is C12H17ClO. The zero-order chi connectivity index (χ0) is 10.8. The summed E-state index contributed by atoms with van der Waals surface area (Å²) in [7, 11) is 0. The van der Waals surface area contributed by atoms with Gasteiger partial charge in [-0.2, -0.15) is 0 Å². The molecule has 1 aromatic carbocycles. The summed E-state index contributed by atoms with van der Waals surface area (Å²) in [5.41, 5.74) is 1.26. The minimum atomic E-state index is 0.178. The molecule has 0 heterocycles. The second-order valence-corrected chi connectivity index (χ2v) is 5.17. The average Bonchev–Trinajstić information content (AvgIpc) is 2.06. The number of benzene rings is 1. The third kappa shape index (κ3) is 3.59. The van der Waals surface area contributed by atoms with Gasteiger partial charge in [0.25, 0.3) is 0 Å². The highest BCUT2D eigenvalue weighted by molar-refractivity contribution is 6.31. The molecule has 0 aromatic heterocycles. The second-order valence-electron chi connectivity index (χ2n) is 4.76. The van der Waals surface area contributed by atoms with Crippen molar-refractivity contribution in [3.8, 4) is 5.75 Å². The van der Waals surface area contributed by atoms with Gasteiger partial charge >= 0.3 is 0 Å². The van der Waals surface area contributed by atoms with Gasteiger partial charge in [0.15, 0.2) is 0 Å². The highest BCUT2D eigenvalue weighted by Crippen LogP contribution is 2.23. The maximum atomic E-state index is 5.98. The SMILES string of the molecule is Cc1ccc(OCC(C)(C)C)cc1Cl. The molecule has 0 amide bonds. The van der Waals surface area contributed by atoms with Gasteiger partial charge in [-0.05, 0) is 30.0 Å². The standard InChI is InChI=1S/C12H17ClO/c1-9-5-6-10(7-11(9)13)14-8-12(2,3)4/h5-7H,8H2,1-4H3. The van der Waals surface area contributed by atoms with Gasteiger partial charge in [-0.1, -0.05) is 38.4 Å². The lowest BCUT2D eigenvalue weighted by molar-refractivity contribution is 0.198. The van der Waals surface area contributed by atoms with Gasteiger partial charge in [0.2, 0.25) is 0 Å². The predicted molar refractivity (Wildman–Crippen MR) is 61.1 cm³/mol. The van der Waals surface area contributed by atoms with Crippen LogP contribution in [0.1, 0.15) is 26.3 Å². The van der Waals surface area contributed by atoms with Crippen molar-refractivity contribution in [2.24, 2.45) is 5.41 Å². The Morgan fingerprint density at radius 1 is 1.29 bits per heavy atom. The largest absolute Gasteiger partial charge is 0.493 e. The molecule has 0 saturated carbocycles. The van der Waals surface area contributed by atoms with Crippen LogP contribution >= 0.6 is 11.6 Å². The molecule has 1 aromatic rings. The number of rotatable bonds is 2. The topological polar surface area (TPSA) is 9.23 Å². The van der Waals surface area contributed by atoms with Crippen molar-refractivity contribution in [3.63, 3.8) is 0 Å². The van der Waals surface area contributed by atoms with E-state index in [0.29, 0.717) is 6.61 Å². The Balaban J connectivity index is 2.65. The van der Waals surface area contributed by atoms with Crippen molar-refractivity contribution in [3.05, 3.63) is 28.8 Å². The van der Waals surface area contributed by atoms with Crippen molar-refractivity contribution in [2.45, 2.75) is 27.7 Å². The van der Waals surface area contributed by atoms with Crippen LogP contribution in [0.4, 0.5) is 0 Å². The zero-order valence-corrected chi connectivity index (χ0v) is 9.98. The van der Waals surface area contributed by atoms with Crippen LogP contribution in [0.5, 0.6) is 5.75 Å². The summed E-state index contributed by atoms with van der Waals surface area (Å²) in [5, 5.41) is 0.761. The Bertz CT molecular complexity index is 313. The van der Waals surface area contributed by atoms with E-state index in [-0.39, 0.29) is 5.41 Å². The van der Waals surface area contributed by atoms with E-state index in [9.17, 15) is 0 Å². The quantitative estimate of drug-likeness (QED) is 0.718. The third-order valence-corrected chi connectivity index (χ3v) is 2.22. The monoisotopic (exact) mass is 212 g/mol. The molecule has 78 valence electrons. The fourth-order valence-corrected chi connectivity index (χ4v) is 1.13. The van der Waals surface area contributed by atoms with E-state index in [4.69, 9.17) is 16.3 Å². The van der Waals surface area contributed by atoms with Crippen LogP contribution < -0.4 is 4.74 Å². The molecule has 0 aliphatic rings. The minimum Gasteiger partial charge on any atom is -0.493 e. The Morgan fingerprint density at radius 2 is 1.93 bits per heavy atom. The molecule has 0 bridgehead atoms. The van der Waals surface area contributed by atoms with Gasteiger partial charge in [-0.15, -0.1) is 0 Å². The number of hydrogen-bond donors (Lipinski definition) is 0. The normalized spacial score (nSPS) is 11.5. The highest BCUT2D eigenvalue weighted by atomic mass is 35.5. The first-order valence-corrected chi connectivity index (χ1v) is 5.15. The predicted octanol–water partition coefficient (Wildman–Crippen LogP) is 4.07.